The number of carbonyl (C=O) groups excluding carboxylic acids is 1. The van der Waals surface area contributed by atoms with Crippen LogP contribution in [0, 0.1) is 13.8 Å². The molecule has 1 aliphatic heterocycles. The van der Waals surface area contributed by atoms with Crippen LogP contribution in [0.3, 0.4) is 0 Å². The van der Waals surface area contributed by atoms with Crippen molar-refractivity contribution in [1.29, 1.82) is 0 Å². The number of fused-ring (bicyclic) bond motifs is 1. The van der Waals surface area contributed by atoms with Crippen molar-refractivity contribution >= 4 is 29.1 Å². The number of nitrogens with one attached hydrogen (secondary N) is 2. The first-order chi connectivity index (χ1) is 10.6. The van der Waals surface area contributed by atoms with E-state index in [1.165, 1.54) is 10.5 Å². The Labute approximate surface area is 138 Å². The molecule has 2 heterocycles. The van der Waals surface area contributed by atoms with E-state index in [4.69, 9.17) is 0 Å². The summed E-state index contributed by atoms with van der Waals surface area (Å²) >= 11 is 3.49. The number of aromatic nitrogens is 1. The van der Waals surface area contributed by atoms with Crippen molar-refractivity contribution in [3.05, 3.63) is 45.4 Å². The zero-order chi connectivity index (χ0) is 15.5. The number of thiazole rings is 1. The summed E-state index contributed by atoms with van der Waals surface area (Å²) in [6.07, 6.45) is 0.966. The van der Waals surface area contributed by atoms with Crippen molar-refractivity contribution in [1.82, 2.24) is 15.6 Å². The second-order valence-corrected chi connectivity index (χ2v) is 7.72. The predicted molar refractivity (Wildman–Crippen MR) is 91.5 cm³/mol. The van der Waals surface area contributed by atoms with Gasteiger partial charge in [-0.15, -0.1) is 23.1 Å². The molecular formula is C16H19N3OS2. The van der Waals surface area contributed by atoms with E-state index >= 15 is 0 Å². The monoisotopic (exact) mass is 333 g/mol. The summed E-state index contributed by atoms with van der Waals surface area (Å²) in [4.78, 5) is 18.9. The van der Waals surface area contributed by atoms with Gasteiger partial charge in [0.25, 0.3) is 0 Å². The minimum Gasteiger partial charge on any atom is -0.333 e. The highest BCUT2D eigenvalue weighted by Crippen LogP contribution is 2.35. The summed E-state index contributed by atoms with van der Waals surface area (Å²) < 4.78 is 0. The van der Waals surface area contributed by atoms with E-state index in [-0.39, 0.29) is 12.1 Å². The molecule has 3 rings (SSSR count). The van der Waals surface area contributed by atoms with Crippen LogP contribution in [0.5, 0.6) is 0 Å². The Morgan fingerprint density at radius 1 is 1.36 bits per heavy atom. The second-order valence-electron chi connectivity index (χ2n) is 5.30. The molecule has 0 fully saturated rings. The fraction of sp³-hybridized carbons (Fsp3) is 0.375. The Morgan fingerprint density at radius 2 is 2.18 bits per heavy atom. The number of urea groups is 1. The molecule has 2 N–H and O–H groups in total. The van der Waals surface area contributed by atoms with Crippen molar-refractivity contribution in [3.8, 4) is 0 Å². The number of thioether (sulfide) groups is 1. The first-order valence-electron chi connectivity index (χ1n) is 7.32. The molecule has 4 nitrogen and oxygen atoms in total. The highest BCUT2D eigenvalue weighted by molar-refractivity contribution is 7.99. The molecule has 6 heteroatoms. The number of carbonyl (C=O) groups is 1. The molecule has 1 aromatic carbocycles. The lowest BCUT2D eigenvalue weighted by molar-refractivity contribution is 0.236. The normalized spacial score (nSPS) is 16.9. The van der Waals surface area contributed by atoms with Crippen LogP contribution in [0.1, 0.15) is 33.6 Å². The Balaban J connectivity index is 1.60. The topological polar surface area (TPSA) is 54.0 Å². The average Bonchev–Trinajstić information content (AvgIpc) is 2.83. The van der Waals surface area contributed by atoms with Gasteiger partial charge in [0.1, 0.15) is 0 Å². The third kappa shape index (κ3) is 3.44. The molecular weight excluding hydrogens is 314 g/mol. The van der Waals surface area contributed by atoms with Crippen molar-refractivity contribution in [2.45, 2.75) is 37.8 Å². The van der Waals surface area contributed by atoms with E-state index in [1.807, 2.05) is 37.7 Å². The van der Waals surface area contributed by atoms with E-state index in [0.717, 1.165) is 27.8 Å². The van der Waals surface area contributed by atoms with Crippen molar-refractivity contribution in [2.75, 3.05) is 5.75 Å². The number of amides is 2. The Bertz CT molecular complexity index is 684. The van der Waals surface area contributed by atoms with Crippen LogP contribution in [-0.4, -0.2) is 16.8 Å². The molecule has 1 atom stereocenters. The molecule has 0 aliphatic carbocycles. The average molecular weight is 333 g/mol. The standard InChI is InChI=1S/C16H19N3OS2/c1-10-15(22-11(2)18-10)9-17-16(20)19-13-7-8-21-14-6-4-3-5-12(13)14/h3-6,13H,7-9H2,1-2H3,(H2,17,19,20)/t13-/m1/s1. The number of rotatable bonds is 3. The van der Waals surface area contributed by atoms with Gasteiger partial charge in [0.05, 0.1) is 23.3 Å². The maximum Gasteiger partial charge on any atom is 0.315 e. The fourth-order valence-corrected chi connectivity index (χ4v) is 4.60. The van der Waals surface area contributed by atoms with Gasteiger partial charge in [0.2, 0.25) is 0 Å². The van der Waals surface area contributed by atoms with Crippen LogP contribution < -0.4 is 10.6 Å². The van der Waals surface area contributed by atoms with Crippen LogP contribution in [0.25, 0.3) is 0 Å². The summed E-state index contributed by atoms with van der Waals surface area (Å²) in [5, 5.41) is 7.07. The predicted octanol–water partition coefficient (Wildman–Crippen LogP) is 3.80. The molecule has 1 aliphatic rings. The summed E-state index contributed by atoms with van der Waals surface area (Å²) in [5.74, 6) is 1.04. The van der Waals surface area contributed by atoms with Gasteiger partial charge < -0.3 is 10.6 Å². The van der Waals surface area contributed by atoms with E-state index in [2.05, 4.69) is 27.8 Å². The van der Waals surface area contributed by atoms with Gasteiger partial charge in [-0.1, -0.05) is 18.2 Å². The number of aryl methyl sites for hydroxylation is 2. The highest BCUT2D eigenvalue weighted by atomic mass is 32.2. The lowest BCUT2D eigenvalue weighted by Crippen LogP contribution is -2.38. The highest BCUT2D eigenvalue weighted by Gasteiger charge is 2.21. The second kappa shape index (κ2) is 6.71. The molecule has 0 spiro atoms. The van der Waals surface area contributed by atoms with E-state index < -0.39 is 0 Å². The SMILES string of the molecule is Cc1nc(C)c(CNC(=O)N[C@@H]2CCSc3ccccc32)s1. The van der Waals surface area contributed by atoms with Crippen LogP contribution in [0.2, 0.25) is 0 Å². The summed E-state index contributed by atoms with van der Waals surface area (Å²) in [7, 11) is 0. The van der Waals surface area contributed by atoms with Crippen LogP contribution in [0.4, 0.5) is 4.79 Å². The van der Waals surface area contributed by atoms with Crippen LogP contribution in [-0.2, 0) is 6.54 Å². The van der Waals surface area contributed by atoms with Crippen LogP contribution >= 0.6 is 23.1 Å². The van der Waals surface area contributed by atoms with Gasteiger partial charge in [0, 0.05) is 15.5 Å². The van der Waals surface area contributed by atoms with Gasteiger partial charge in [-0.2, -0.15) is 0 Å². The summed E-state index contributed by atoms with van der Waals surface area (Å²) in [6, 6.07) is 8.28. The minimum atomic E-state index is -0.114. The molecule has 22 heavy (non-hydrogen) atoms. The molecule has 0 radical (unpaired) electrons. The molecule has 0 saturated carbocycles. The molecule has 116 valence electrons. The zero-order valence-corrected chi connectivity index (χ0v) is 14.3. The summed E-state index contributed by atoms with van der Waals surface area (Å²) in [5.41, 5.74) is 2.22. The molecule has 2 aromatic rings. The third-order valence-electron chi connectivity index (χ3n) is 3.67. The Hall–Kier alpha value is -1.53. The number of benzene rings is 1. The number of hydrogen-bond donors (Lipinski definition) is 2. The van der Waals surface area contributed by atoms with E-state index in [9.17, 15) is 4.79 Å². The molecule has 2 amide bonds. The zero-order valence-electron chi connectivity index (χ0n) is 12.7. The van der Waals surface area contributed by atoms with Gasteiger partial charge in [0.15, 0.2) is 0 Å². The molecule has 0 bridgehead atoms. The first-order valence-corrected chi connectivity index (χ1v) is 9.12. The van der Waals surface area contributed by atoms with Gasteiger partial charge >= 0.3 is 6.03 Å². The quantitative estimate of drug-likeness (QED) is 0.898. The Morgan fingerprint density at radius 3 is 2.95 bits per heavy atom. The molecule has 1 aromatic heterocycles. The fourth-order valence-electron chi connectivity index (χ4n) is 2.60. The minimum absolute atomic E-state index is 0.0988. The van der Waals surface area contributed by atoms with Crippen molar-refractivity contribution in [3.63, 3.8) is 0 Å². The number of nitrogens with zero attached hydrogens (tertiary/aromatic N) is 1. The van der Waals surface area contributed by atoms with Gasteiger partial charge in [-0.3, -0.25) is 0 Å². The van der Waals surface area contributed by atoms with Crippen molar-refractivity contribution < 1.29 is 4.79 Å². The van der Waals surface area contributed by atoms with Crippen molar-refractivity contribution in [2.24, 2.45) is 0 Å². The maximum absolute atomic E-state index is 12.2. The maximum atomic E-state index is 12.2. The van der Waals surface area contributed by atoms with Gasteiger partial charge in [-0.25, -0.2) is 9.78 Å². The summed E-state index contributed by atoms with van der Waals surface area (Å²) in [6.45, 7) is 4.50. The first kappa shape index (κ1) is 15.4. The number of hydrogen-bond acceptors (Lipinski definition) is 4. The lowest BCUT2D eigenvalue weighted by Gasteiger charge is -2.25. The van der Waals surface area contributed by atoms with Gasteiger partial charge in [-0.05, 0) is 31.9 Å². The smallest absolute Gasteiger partial charge is 0.315 e. The largest absolute Gasteiger partial charge is 0.333 e. The molecule has 0 saturated heterocycles. The van der Waals surface area contributed by atoms with E-state index in [1.54, 1.807) is 11.3 Å². The molecule has 0 unspecified atom stereocenters. The third-order valence-corrected chi connectivity index (χ3v) is 5.87. The Kier molecular flexibility index (Phi) is 4.69. The van der Waals surface area contributed by atoms with E-state index in [0.29, 0.717) is 6.54 Å². The lowest BCUT2D eigenvalue weighted by atomic mass is 10.0. The van der Waals surface area contributed by atoms with Crippen LogP contribution in [0.15, 0.2) is 29.2 Å².